The van der Waals surface area contributed by atoms with Crippen LogP contribution < -0.4 is 5.73 Å². The number of hydrogen-bond donors (Lipinski definition) is 1. The standard InChI is InChI=1S/C12H15NO2/c13-11-3-1-2-10(8-11)12(14)9-4-6-15-7-5-9/h1-3,8-9H,4-7,13H2. The van der Waals surface area contributed by atoms with Gasteiger partial charge in [0.05, 0.1) is 0 Å². The van der Waals surface area contributed by atoms with E-state index in [-0.39, 0.29) is 11.7 Å². The molecule has 80 valence electrons. The summed E-state index contributed by atoms with van der Waals surface area (Å²) in [6, 6.07) is 7.19. The molecule has 0 radical (unpaired) electrons. The lowest BCUT2D eigenvalue weighted by molar-refractivity contribution is 0.0545. The number of benzene rings is 1. The summed E-state index contributed by atoms with van der Waals surface area (Å²) in [4.78, 5) is 12.0. The van der Waals surface area contributed by atoms with E-state index in [1.807, 2.05) is 12.1 Å². The topological polar surface area (TPSA) is 52.3 Å². The number of anilines is 1. The minimum Gasteiger partial charge on any atom is -0.399 e. The molecule has 1 saturated heterocycles. The number of nitrogens with two attached hydrogens (primary N) is 1. The molecule has 0 spiro atoms. The van der Waals surface area contributed by atoms with E-state index < -0.39 is 0 Å². The van der Waals surface area contributed by atoms with Crippen molar-refractivity contribution in [1.29, 1.82) is 0 Å². The summed E-state index contributed by atoms with van der Waals surface area (Å²) in [5, 5.41) is 0. The summed E-state index contributed by atoms with van der Waals surface area (Å²) in [5.41, 5.74) is 7.02. The molecule has 1 aliphatic heterocycles. The number of ether oxygens (including phenoxy) is 1. The van der Waals surface area contributed by atoms with Crippen molar-refractivity contribution in [3.63, 3.8) is 0 Å². The van der Waals surface area contributed by atoms with Gasteiger partial charge in [-0.05, 0) is 25.0 Å². The zero-order chi connectivity index (χ0) is 10.7. The third-order valence-electron chi connectivity index (χ3n) is 2.76. The van der Waals surface area contributed by atoms with Gasteiger partial charge in [0.15, 0.2) is 5.78 Å². The molecule has 2 N–H and O–H groups in total. The second-order valence-electron chi connectivity index (χ2n) is 3.88. The molecular formula is C12H15NO2. The Morgan fingerprint density at radius 1 is 1.33 bits per heavy atom. The van der Waals surface area contributed by atoms with Gasteiger partial charge in [-0.3, -0.25) is 4.79 Å². The normalized spacial score (nSPS) is 17.6. The maximum atomic E-state index is 12.0. The maximum absolute atomic E-state index is 12.0. The molecule has 0 aromatic heterocycles. The van der Waals surface area contributed by atoms with Crippen LogP contribution in [0.25, 0.3) is 0 Å². The van der Waals surface area contributed by atoms with Crippen molar-refractivity contribution in [2.24, 2.45) is 5.92 Å². The van der Waals surface area contributed by atoms with Gasteiger partial charge in [-0.1, -0.05) is 12.1 Å². The highest BCUT2D eigenvalue weighted by Crippen LogP contribution is 2.20. The van der Waals surface area contributed by atoms with E-state index >= 15 is 0 Å². The lowest BCUT2D eigenvalue weighted by Gasteiger charge is -2.20. The summed E-state index contributed by atoms with van der Waals surface area (Å²) >= 11 is 0. The zero-order valence-electron chi connectivity index (χ0n) is 8.61. The highest BCUT2D eigenvalue weighted by atomic mass is 16.5. The first kappa shape index (κ1) is 10.2. The molecule has 15 heavy (non-hydrogen) atoms. The molecule has 0 amide bonds. The minimum atomic E-state index is 0.112. The van der Waals surface area contributed by atoms with E-state index in [2.05, 4.69) is 0 Å². The Morgan fingerprint density at radius 3 is 2.73 bits per heavy atom. The van der Waals surface area contributed by atoms with Gasteiger partial charge in [0.2, 0.25) is 0 Å². The Morgan fingerprint density at radius 2 is 2.07 bits per heavy atom. The van der Waals surface area contributed by atoms with Crippen molar-refractivity contribution in [3.05, 3.63) is 29.8 Å². The zero-order valence-corrected chi connectivity index (χ0v) is 8.61. The van der Waals surface area contributed by atoms with E-state index in [9.17, 15) is 4.79 Å². The first-order chi connectivity index (χ1) is 7.27. The van der Waals surface area contributed by atoms with Crippen molar-refractivity contribution < 1.29 is 9.53 Å². The summed E-state index contributed by atoms with van der Waals surface area (Å²) in [7, 11) is 0. The lowest BCUT2D eigenvalue weighted by atomic mass is 9.91. The van der Waals surface area contributed by atoms with E-state index in [1.54, 1.807) is 12.1 Å². The number of Topliss-reactive ketones (excluding diaryl/α,β-unsaturated/α-hetero) is 1. The Labute approximate surface area is 89.2 Å². The first-order valence-electron chi connectivity index (χ1n) is 5.25. The monoisotopic (exact) mass is 205 g/mol. The second-order valence-corrected chi connectivity index (χ2v) is 3.88. The maximum Gasteiger partial charge on any atom is 0.166 e. The Hall–Kier alpha value is -1.35. The van der Waals surface area contributed by atoms with Gasteiger partial charge in [-0.2, -0.15) is 0 Å². The number of rotatable bonds is 2. The Kier molecular flexibility index (Phi) is 3.02. The fraction of sp³-hybridized carbons (Fsp3) is 0.417. The van der Waals surface area contributed by atoms with Gasteiger partial charge in [0.1, 0.15) is 0 Å². The van der Waals surface area contributed by atoms with Gasteiger partial charge < -0.3 is 10.5 Å². The molecule has 0 saturated carbocycles. The lowest BCUT2D eigenvalue weighted by Crippen LogP contribution is -2.23. The van der Waals surface area contributed by atoms with Crippen LogP contribution in [0, 0.1) is 5.92 Å². The van der Waals surface area contributed by atoms with Crippen molar-refractivity contribution in [2.75, 3.05) is 18.9 Å². The predicted octanol–water partition coefficient (Wildman–Crippen LogP) is 1.88. The van der Waals surface area contributed by atoms with Gasteiger partial charge >= 0.3 is 0 Å². The smallest absolute Gasteiger partial charge is 0.166 e. The van der Waals surface area contributed by atoms with Crippen molar-refractivity contribution in [2.45, 2.75) is 12.8 Å². The minimum absolute atomic E-state index is 0.112. The molecule has 1 aliphatic rings. The van der Waals surface area contributed by atoms with Crippen LogP contribution in [0.15, 0.2) is 24.3 Å². The fourth-order valence-corrected chi connectivity index (χ4v) is 1.89. The molecule has 1 aromatic rings. The van der Waals surface area contributed by atoms with Crippen LogP contribution in [0.3, 0.4) is 0 Å². The van der Waals surface area contributed by atoms with Crippen LogP contribution in [0.5, 0.6) is 0 Å². The van der Waals surface area contributed by atoms with Crippen LogP contribution >= 0.6 is 0 Å². The molecule has 1 fully saturated rings. The molecular weight excluding hydrogens is 190 g/mol. The SMILES string of the molecule is Nc1cccc(C(=O)C2CCOCC2)c1. The van der Waals surface area contributed by atoms with E-state index in [1.165, 1.54) is 0 Å². The van der Waals surface area contributed by atoms with E-state index in [0.29, 0.717) is 18.9 Å². The second kappa shape index (κ2) is 4.45. The molecule has 1 aromatic carbocycles. The van der Waals surface area contributed by atoms with Crippen molar-refractivity contribution in [1.82, 2.24) is 0 Å². The number of nitrogen functional groups attached to an aromatic ring is 1. The van der Waals surface area contributed by atoms with Crippen molar-refractivity contribution >= 4 is 11.5 Å². The summed E-state index contributed by atoms with van der Waals surface area (Å²) in [6.07, 6.45) is 1.65. The van der Waals surface area contributed by atoms with Crippen LogP contribution in [0.2, 0.25) is 0 Å². The molecule has 0 atom stereocenters. The summed E-state index contributed by atoms with van der Waals surface area (Å²) < 4.78 is 5.23. The highest BCUT2D eigenvalue weighted by Gasteiger charge is 2.22. The van der Waals surface area contributed by atoms with Crippen LogP contribution in [0.1, 0.15) is 23.2 Å². The van der Waals surface area contributed by atoms with Crippen LogP contribution in [-0.4, -0.2) is 19.0 Å². The number of carbonyl (C=O) groups excluding carboxylic acids is 1. The van der Waals surface area contributed by atoms with E-state index in [0.717, 1.165) is 18.4 Å². The molecule has 0 aliphatic carbocycles. The Balaban J connectivity index is 2.12. The van der Waals surface area contributed by atoms with Crippen LogP contribution in [0.4, 0.5) is 5.69 Å². The third kappa shape index (κ3) is 2.36. The Bertz CT molecular complexity index is 356. The average Bonchev–Trinajstić information content (AvgIpc) is 2.29. The fourth-order valence-electron chi connectivity index (χ4n) is 1.89. The molecule has 0 unspecified atom stereocenters. The number of hydrogen-bond acceptors (Lipinski definition) is 3. The number of ketones is 1. The molecule has 3 nitrogen and oxygen atoms in total. The molecule has 2 rings (SSSR count). The quantitative estimate of drug-likeness (QED) is 0.592. The largest absolute Gasteiger partial charge is 0.399 e. The van der Waals surface area contributed by atoms with Gasteiger partial charge in [0.25, 0.3) is 0 Å². The molecule has 3 heteroatoms. The van der Waals surface area contributed by atoms with Gasteiger partial charge in [-0.15, -0.1) is 0 Å². The summed E-state index contributed by atoms with van der Waals surface area (Å²) in [6.45, 7) is 1.39. The highest BCUT2D eigenvalue weighted by molar-refractivity contribution is 5.98. The number of carbonyl (C=O) groups is 1. The third-order valence-corrected chi connectivity index (χ3v) is 2.76. The predicted molar refractivity (Wildman–Crippen MR) is 58.7 cm³/mol. The van der Waals surface area contributed by atoms with Gasteiger partial charge in [-0.25, -0.2) is 0 Å². The molecule has 0 bridgehead atoms. The molecule has 1 heterocycles. The van der Waals surface area contributed by atoms with E-state index in [4.69, 9.17) is 10.5 Å². The van der Waals surface area contributed by atoms with Crippen LogP contribution in [-0.2, 0) is 4.74 Å². The average molecular weight is 205 g/mol. The van der Waals surface area contributed by atoms with Gasteiger partial charge in [0, 0.05) is 30.4 Å². The summed E-state index contributed by atoms with van der Waals surface area (Å²) in [5.74, 6) is 0.311. The van der Waals surface area contributed by atoms with Crippen molar-refractivity contribution in [3.8, 4) is 0 Å². The first-order valence-corrected chi connectivity index (χ1v) is 5.25.